The summed E-state index contributed by atoms with van der Waals surface area (Å²) in [5.41, 5.74) is 15.4. The first-order valence-corrected chi connectivity index (χ1v) is 12.6. The van der Waals surface area contributed by atoms with E-state index in [-0.39, 0.29) is 6.61 Å². The Hall–Kier alpha value is -3.44. The van der Waals surface area contributed by atoms with E-state index in [1.807, 2.05) is 24.3 Å². The molecular formula is C26H30ClN7O3. The van der Waals surface area contributed by atoms with Crippen molar-refractivity contribution in [2.75, 3.05) is 50.5 Å². The fourth-order valence-corrected chi connectivity index (χ4v) is 4.61. The average Bonchev–Trinajstić information content (AvgIpc) is 2.92. The van der Waals surface area contributed by atoms with Crippen molar-refractivity contribution in [1.29, 1.82) is 0 Å². The quantitative estimate of drug-likeness (QED) is 0.286. The minimum atomic E-state index is -1.18. The molecule has 5 rings (SSSR count). The Morgan fingerprint density at radius 1 is 1.11 bits per heavy atom. The zero-order chi connectivity index (χ0) is 25.7. The van der Waals surface area contributed by atoms with Crippen molar-refractivity contribution in [1.82, 2.24) is 15.1 Å². The van der Waals surface area contributed by atoms with Crippen molar-refractivity contribution in [2.45, 2.75) is 18.7 Å². The lowest BCUT2D eigenvalue weighted by molar-refractivity contribution is 0.0358. The number of ether oxygens (including phenoxy) is 3. The number of rotatable bonds is 9. The number of benzene rings is 2. The van der Waals surface area contributed by atoms with Gasteiger partial charge in [0.2, 0.25) is 0 Å². The molecule has 3 aromatic rings. The van der Waals surface area contributed by atoms with Crippen LogP contribution in [0.2, 0.25) is 5.02 Å². The van der Waals surface area contributed by atoms with Crippen molar-refractivity contribution in [3.63, 3.8) is 0 Å². The lowest BCUT2D eigenvalue weighted by atomic mass is 9.89. The van der Waals surface area contributed by atoms with E-state index in [9.17, 15) is 0 Å². The second-order valence-corrected chi connectivity index (χ2v) is 9.32. The van der Waals surface area contributed by atoms with Crippen LogP contribution in [0.3, 0.4) is 0 Å². The van der Waals surface area contributed by atoms with Gasteiger partial charge in [-0.05, 0) is 36.8 Å². The van der Waals surface area contributed by atoms with Gasteiger partial charge in [-0.15, -0.1) is 0 Å². The third-order valence-corrected chi connectivity index (χ3v) is 6.70. The molecule has 0 saturated carbocycles. The van der Waals surface area contributed by atoms with Crippen LogP contribution in [0, 0.1) is 0 Å². The zero-order valence-electron chi connectivity index (χ0n) is 20.4. The van der Waals surface area contributed by atoms with Crippen molar-refractivity contribution in [3.05, 3.63) is 70.5 Å². The fourth-order valence-electron chi connectivity index (χ4n) is 4.37. The Morgan fingerprint density at radius 2 is 1.97 bits per heavy atom. The molecule has 0 spiro atoms. The average molecular weight is 524 g/mol. The third kappa shape index (κ3) is 5.78. The van der Waals surface area contributed by atoms with Crippen LogP contribution >= 0.6 is 11.6 Å². The maximum atomic E-state index is 6.83. The molecule has 194 valence electrons. The number of nitrogens with zero attached hydrogens (tertiary/aromatic N) is 4. The lowest BCUT2D eigenvalue weighted by Gasteiger charge is -2.32. The molecule has 11 heteroatoms. The summed E-state index contributed by atoms with van der Waals surface area (Å²) >= 11 is 6.55. The van der Waals surface area contributed by atoms with Crippen LogP contribution in [0.25, 0.3) is 0 Å². The number of aliphatic imine (C=N–C) groups is 1. The smallest absolute Gasteiger partial charge is 0.163 e. The molecule has 3 heterocycles. The molecule has 37 heavy (non-hydrogen) atoms. The Labute approximate surface area is 220 Å². The Morgan fingerprint density at radius 3 is 2.76 bits per heavy atom. The molecular weight excluding hydrogens is 494 g/mol. The molecule has 0 amide bonds. The van der Waals surface area contributed by atoms with Gasteiger partial charge >= 0.3 is 0 Å². The van der Waals surface area contributed by atoms with Crippen LogP contribution in [0.15, 0.2) is 53.7 Å². The lowest BCUT2D eigenvalue weighted by Crippen LogP contribution is -2.39. The van der Waals surface area contributed by atoms with Crippen LogP contribution in [-0.2, 0) is 17.0 Å². The van der Waals surface area contributed by atoms with Crippen LogP contribution in [0.1, 0.15) is 23.2 Å². The number of fused-ring (bicyclic) bond motifs is 1. The minimum absolute atomic E-state index is 0.247. The van der Waals surface area contributed by atoms with E-state index < -0.39 is 5.66 Å². The Bertz CT molecular complexity index is 1250. The summed E-state index contributed by atoms with van der Waals surface area (Å²) in [5, 5.41) is 11.4. The van der Waals surface area contributed by atoms with E-state index >= 15 is 0 Å². The van der Waals surface area contributed by atoms with E-state index in [0.717, 1.165) is 50.5 Å². The maximum absolute atomic E-state index is 6.83. The van der Waals surface area contributed by atoms with Gasteiger partial charge in [0.25, 0.3) is 0 Å². The van der Waals surface area contributed by atoms with Crippen LogP contribution in [0.5, 0.6) is 11.5 Å². The number of hydrogen-bond acceptors (Lipinski definition) is 10. The number of nitrogen functional groups attached to an aromatic ring is 1. The van der Waals surface area contributed by atoms with Gasteiger partial charge in [-0.1, -0.05) is 17.7 Å². The topological polar surface area (TPSA) is 133 Å². The zero-order valence-corrected chi connectivity index (χ0v) is 21.2. The minimum Gasteiger partial charge on any atom is -0.491 e. The van der Waals surface area contributed by atoms with Gasteiger partial charge in [0, 0.05) is 43.0 Å². The summed E-state index contributed by atoms with van der Waals surface area (Å²) in [6, 6.07) is 12.7. The Kier molecular flexibility index (Phi) is 7.71. The monoisotopic (exact) mass is 523 g/mol. The fraction of sp³-hybridized carbons (Fsp3) is 0.346. The van der Waals surface area contributed by atoms with Gasteiger partial charge in [0.05, 0.1) is 42.6 Å². The summed E-state index contributed by atoms with van der Waals surface area (Å²) in [6.45, 7) is 5.27. The first kappa shape index (κ1) is 25.2. The number of nitrogens with one attached hydrogen (secondary N) is 1. The van der Waals surface area contributed by atoms with Gasteiger partial charge in [-0.25, -0.2) is 4.99 Å². The highest BCUT2D eigenvalue weighted by molar-refractivity contribution is 6.32. The summed E-state index contributed by atoms with van der Waals surface area (Å²) < 4.78 is 17.2. The highest BCUT2D eigenvalue weighted by Crippen LogP contribution is 2.42. The predicted molar refractivity (Wildman–Crippen MR) is 143 cm³/mol. The summed E-state index contributed by atoms with van der Waals surface area (Å²) in [6.07, 6.45) is 4.08. The van der Waals surface area contributed by atoms with Gasteiger partial charge in [0.15, 0.2) is 5.66 Å². The van der Waals surface area contributed by atoms with Crippen molar-refractivity contribution < 1.29 is 14.2 Å². The van der Waals surface area contributed by atoms with E-state index in [1.54, 1.807) is 30.7 Å². The van der Waals surface area contributed by atoms with Gasteiger partial charge < -0.3 is 25.3 Å². The molecule has 1 unspecified atom stereocenters. The number of aromatic nitrogens is 2. The molecule has 2 aliphatic heterocycles. The van der Waals surface area contributed by atoms with E-state index in [2.05, 4.69) is 25.4 Å². The number of nitrogens with two attached hydrogens (primary N) is 2. The van der Waals surface area contributed by atoms with E-state index in [4.69, 9.17) is 37.3 Å². The molecule has 0 radical (unpaired) electrons. The normalized spacial score (nSPS) is 19.2. The number of anilines is 2. The van der Waals surface area contributed by atoms with Crippen LogP contribution in [-0.4, -0.2) is 60.9 Å². The number of morpholine rings is 1. The van der Waals surface area contributed by atoms with Gasteiger partial charge in [0.1, 0.15) is 23.8 Å². The molecule has 0 bridgehead atoms. The van der Waals surface area contributed by atoms with Crippen molar-refractivity contribution in [2.24, 2.45) is 10.7 Å². The summed E-state index contributed by atoms with van der Waals surface area (Å²) in [7, 11) is 0. The van der Waals surface area contributed by atoms with Crippen LogP contribution < -0.4 is 26.3 Å². The van der Waals surface area contributed by atoms with Gasteiger partial charge in [-0.2, -0.15) is 10.2 Å². The second-order valence-electron chi connectivity index (χ2n) is 8.91. The van der Waals surface area contributed by atoms with E-state index in [1.165, 1.54) is 0 Å². The van der Waals surface area contributed by atoms with Crippen molar-refractivity contribution >= 4 is 29.3 Å². The molecule has 0 aliphatic carbocycles. The summed E-state index contributed by atoms with van der Waals surface area (Å²) in [4.78, 5) is 6.92. The first-order chi connectivity index (χ1) is 18.0. The second kappa shape index (κ2) is 11.3. The van der Waals surface area contributed by atoms with Gasteiger partial charge in [-0.3, -0.25) is 10.6 Å². The first-order valence-electron chi connectivity index (χ1n) is 12.2. The van der Waals surface area contributed by atoms with Crippen molar-refractivity contribution in [3.8, 4) is 11.5 Å². The molecule has 1 atom stereocenters. The molecule has 10 nitrogen and oxygen atoms in total. The largest absolute Gasteiger partial charge is 0.491 e. The standard InChI is InChI=1S/C26H30ClN7O3/c27-21-13-18(4-5-24(21)37-16-19-3-1-6-32-33-19)26(29)20-14-22(28)25(15-23(20)30-17-31-26)36-10-2-7-34-8-11-35-12-9-34/h1,3-6,13-15,17H,2,7-12,16,28-29H2,(H,30,31). The molecule has 2 aromatic carbocycles. The predicted octanol–water partition coefficient (Wildman–Crippen LogP) is 3.01. The Balaban J connectivity index is 1.28. The number of halogens is 1. The van der Waals surface area contributed by atoms with Crippen LogP contribution in [0.4, 0.5) is 11.4 Å². The number of hydrogen-bond donors (Lipinski definition) is 3. The third-order valence-electron chi connectivity index (χ3n) is 6.40. The van der Waals surface area contributed by atoms with E-state index in [0.29, 0.717) is 40.1 Å². The molecule has 5 N–H and O–H groups in total. The molecule has 1 fully saturated rings. The molecule has 1 aromatic heterocycles. The maximum Gasteiger partial charge on any atom is 0.163 e. The summed E-state index contributed by atoms with van der Waals surface area (Å²) in [5.74, 6) is 1.12. The highest BCUT2D eigenvalue weighted by Gasteiger charge is 2.35. The highest BCUT2D eigenvalue weighted by atomic mass is 35.5. The molecule has 1 saturated heterocycles. The SMILES string of the molecule is Nc1cc2c(cc1OCCCN1CCOCC1)NC=NC2(N)c1ccc(OCc2cccnn2)c(Cl)c1. The molecule has 2 aliphatic rings.